The van der Waals surface area contributed by atoms with Gasteiger partial charge in [-0.15, -0.1) is 0 Å². The normalized spacial score (nSPS) is 51.8. The summed E-state index contributed by atoms with van der Waals surface area (Å²) in [5, 5.41) is 0.818. The first-order valence-corrected chi connectivity index (χ1v) is 6.90. The maximum Gasteiger partial charge on any atom is 0.136 e. The number of Topliss-reactive ketones (excluding diaryl/α,β-unsaturated/α-hetero) is 1. The van der Waals surface area contributed by atoms with Gasteiger partial charge in [-0.2, -0.15) is 11.8 Å². The van der Waals surface area contributed by atoms with Crippen molar-refractivity contribution >= 4 is 17.5 Å². The van der Waals surface area contributed by atoms with Crippen LogP contribution in [0.1, 0.15) is 39.0 Å². The predicted octanol–water partition coefficient (Wildman–Crippen LogP) is 2.89. The molecule has 0 aromatic carbocycles. The summed E-state index contributed by atoms with van der Waals surface area (Å²) in [5.74, 6) is 3.01. The zero-order chi connectivity index (χ0) is 9.76. The van der Waals surface area contributed by atoms with Crippen molar-refractivity contribution in [1.29, 1.82) is 0 Å². The van der Waals surface area contributed by atoms with Crippen LogP contribution in [0.2, 0.25) is 0 Å². The molecule has 3 rings (SSSR count). The van der Waals surface area contributed by atoms with Gasteiger partial charge in [0.1, 0.15) is 5.78 Å². The Morgan fingerprint density at radius 1 is 1.36 bits per heavy atom. The first-order chi connectivity index (χ1) is 6.71. The van der Waals surface area contributed by atoms with Crippen molar-refractivity contribution in [2.24, 2.45) is 17.3 Å². The van der Waals surface area contributed by atoms with Gasteiger partial charge in [0.05, 0.1) is 0 Å². The smallest absolute Gasteiger partial charge is 0.136 e. The molecule has 0 radical (unpaired) electrons. The zero-order valence-corrected chi connectivity index (χ0v) is 9.61. The van der Waals surface area contributed by atoms with Gasteiger partial charge in [0.25, 0.3) is 0 Å². The Kier molecular flexibility index (Phi) is 1.99. The van der Waals surface area contributed by atoms with Crippen molar-refractivity contribution in [3.8, 4) is 0 Å². The highest BCUT2D eigenvalue weighted by molar-refractivity contribution is 8.00. The molecule has 3 aliphatic rings. The second-order valence-electron chi connectivity index (χ2n) is 5.56. The molecule has 14 heavy (non-hydrogen) atoms. The van der Waals surface area contributed by atoms with E-state index >= 15 is 0 Å². The minimum Gasteiger partial charge on any atom is -0.299 e. The molecule has 0 aromatic heterocycles. The number of ketones is 1. The molecule has 0 amide bonds. The van der Waals surface area contributed by atoms with Gasteiger partial charge < -0.3 is 0 Å². The zero-order valence-electron chi connectivity index (χ0n) is 8.79. The highest BCUT2D eigenvalue weighted by atomic mass is 32.2. The molecule has 0 bridgehead atoms. The number of hydrogen-bond donors (Lipinski definition) is 0. The van der Waals surface area contributed by atoms with Crippen molar-refractivity contribution < 1.29 is 4.79 Å². The van der Waals surface area contributed by atoms with Crippen LogP contribution in [-0.4, -0.2) is 16.8 Å². The number of carbonyl (C=O) groups excluding carboxylic acids is 1. The molecule has 0 unspecified atom stereocenters. The lowest BCUT2D eigenvalue weighted by Crippen LogP contribution is -2.27. The number of rotatable bonds is 0. The molecule has 1 saturated heterocycles. The van der Waals surface area contributed by atoms with Crippen LogP contribution in [0.5, 0.6) is 0 Å². The van der Waals surface area contributed by atoms with Crippen LogP contribution in [0.25, 0.3) is 0 Å². The molecule has 2 aliphatic carbocycles. The number of carbonyl (C=O) groups is 1. The lowest BCUT2D eigenvalue weighted by atomic mass is 9.76. The highest BCUT2D eigenvalue weighted by Gasteiger charge is 2.57. The van der Waals surface area contributed by atoms with E-state index in [0.717, 1.165) is 17.6 Å². The molecule has 78 valence electrons. The molecule has 2 saturated carbocycles. The van der Waals surface area contributed by atoms with E-state index in [4.69, 9.17) is 0 Å². The van der Waals surface area contributed by atoms with E-state index < -0.39 is 0 Å². The molecular weight excluding hydrogens is 192 g/mol. The third-order valence-electron chi connectivity index (χ3n) is 4.51. The van der Waals surface area contributed by atoms with Crippen LogP contribution in [0.15, 0.2) is 0 Å². The number of thioether (sulfide) groups is 1. The SMILES string of the molecule is C[C@@]12CS[C@@H]3CCCC[C@@H](C(=O)C1)[C@H]32. The van der Waals surface area contributed by atoms with Gasteiger partial charge in [0.2, 0.25) is 0 Å². The van der Waals surface area contributed by atoms with Crippen molar-refractivity contribution in [2.75, 3.05) is 5.75 Å². The first-order valence-electron chi connectivity index (χ1n) is 5.85. The van der Waals surface area contributed by atoms with Gasteiger partial charge in [0.15, 0.2) is 0 Å². The van der Waals surface area contributed by atoms with Gasteiger partial charge in [-0.25, -0.2) is 0 Å². The number of hydrogen-bond acceptors (Lipinski definition) is 2. The van der Waals surface area contributed by atoms with E-state index in [1.165, 1.54) is 31.4 Å². The average molecular weight is 210 g/mol. The molecule has 1 heterocycles. The van der Waals surface area contributed by atoms with E-state index in [0.29, 0.717) is 17.1 Å². The quantitative estimate of drug-likeness (QED) is 0.611. The lowest BCUT2D eigenvalue weighted by molar-refractivity contribution is -0.121. The Bertz CT molecular complexity index is 273. The summed E-state index contributed by atoms with van der Waals surface area (Å²) < 4.78 is 0. The molecule has 3 fully saturated rings. The van der Waals surface area contributed by atoms with E-state index in [1.54, 1.807) is 0 Å². The van der Waals surface area contributed by atoms with Crippen LogP contribution < -0.4 is 0 Å². The summed E-state index contributed by atoms with van der Waals surface area (Å²) >= 11 is 2.15. The summed E-state index contributed by atoms with van der Waals surface area (Å²) in [7, 11) is 0. The molecule has 1 aliphatic heterocycles. The van der Waals surface area contributed by atoms with E-state index in [2.05, 4.69) is 18.7 Å². The summed E-state index contributed by atoms with van der Waals surface area (Å²) in [6.45, 7) is 2.36. The van der Waals surface area contributed by atoms with Gasteiger partial charge >= 0.3 is 0 Å². The third-order valence-corrected chi connectivity index (χ3v) is 6.29. The molecular formula is C12H18OS. The lowest BCUT2D eigenvalue weighted by Gasteiger charge is -2.26. The van der Waals surface area contributed by atoms with Crippen LogP contribution in [0, 0.1) is 17.3 Å². The highest BCUT2D eigenvalue weighted by Crippen LogP contribution is 2.59. The summed E-state index contributed by atoms with van der Waals surface area (Å²) in [6, 6.07) is 0. The fourth-order valence-electron chi connectivity index (χ4n) is 3.90. The molecule has 0 spiro atoms. The largest absolute Gasteiger partial charge is 0.299 e. The molecule has 0 aromatic rings. The topological polar surface area (TPSA) is 17.1 Å². The maximum atomic E-state index is 11.9. The summed E-state index contributed by atoms with van der Waals surface area (Å²) in [4.78, 5) is 11.9. The van der Waals surface area contributed by atoms with Crippen LogP contribution in [0.4, 0.5) is 0 Å². The Balaban J connectivity index is 1.98. The van der Waals surface area contributed by atoms with Crippen molar-refractivity contribution in [2.45, 2.75) is 44.3 Å². The molecule has 4 atom stereocenters. The average Bonchev–Trinajstić information content (AvgIpc) is 2.47. The molecule has 0 N–H and O–H groups in total. The van der Waals surface area contributed by atoms with Crippen molar-refractivity contribution in [3.05, 3.63) is 0 Å². The monoisotopic (exact) mass is 210 g/mol. The second-order valence-corrected chi connectivity index (χ2v) is 6.79. The second kappa shape index (κ2) is 3.01. The predicted molar refractivity (Wildman–Crippen MR) is 59.4 cm³/mol. The summed E-state index contributed by atoms with van der Waals surface area (Å²) in [6.07, 6.45) is 6.09. The van der Waals surface area contributed by atoms with Crippen molar-refractivity contribution in [1.82, 2.24) is 0 Å². The van der Waals surface area contributed by atoms with Crippen LogP contribution in [-0.2, 0) is 4.79 Å². The first kappa shape index (κ1) is 9.26. The summed E-state index contributed by atoms with van der Waals surface area (Å²) in [5.41, 5.74) is 0.376. The Morgan fingerprint density at radius 2 is 2.14 bits per heavy atom. The van der Waals surface area contributed by atoms with Crippen LogP contribution in [0.3, 0.4) is 0 Å². The van der Waals surface area contributed by atoms with Gasteiger partial charge in [-0.3, -0.25) is 4.79 Å². The fourth-order valence-corrected chi connectivity index (χ4v) is 5.85. The Morgan fingerprint density at radius 3 is 3.00 bits per heavy atom. The van der Waals surface area contributed by atoms with Gasteiger partial charge in [-0.05, 0) is 29.9 Å². The van der Waals surface area contributed by atoms with Gasteiger partial charge in [-0.1, -0.05) is 19.8 Å². The molecule has 1 nitrogen and oxygen atoms in total. The van der Waals surface area contributed by atoms with Gasteiger partial charge in [0, 0.05) is 17.6 Å². The van der Waals surface area contributed by atoms with Crippen molar-refractivity contribution in [3.63, 3.8) is 0 Å². The standard InChI is InChI=1S/C12H18OS/c1-12-6-9(13)8-4-2-3-5-10(11(8)12)14-7-12/h8,10-11H,2-7H2,1H3/t8-,10+,11+,12-/m0/s1. The maximum absolute atomic E-state index is 11.9. The minimum atomic E-state index is 0.376. The minimum absolute atomic E-state index is 0.376. The molecule has 2 heteroatoms. The van der Waals surface area contributed by atoms with E-state index in [9.17, 15) is 4.79 Å². The Hall–Kier alpha value is 0.0200. The Labute approximate surface area is 90.0 Å². The van der Waals surface area contributed by atoms with Crippen LogP contribution >= 0.6 is 11.8 Å². The third kappa shape index (κ3) is 1.13. The van der Waals surface area contributed by atoms with E-state index in [1.807, 2.05) is 0 Å². The fraction of sp³-hybridized carbons (Fsp3) is 0.917. The van der Waals surface area contributed by atoms with E-state index in [-0.39, 0.29) is 0 Å².